The van der Waals surface area contributed by atoms with Crippen LogP contribution >= 0.6 is 0 Å². The molecule has 1 aliphatic rings. The first kappa shape index (κ1) is 19.2. The molecule has 0 radical (unpaired) electrons. The molecule has 1 atom stereocenters. The van der Waals surface area contributed by atoms with E-state index in [2.05, 4.69) is 34.3 Å². The Morgan fingerprint density at radius 3 is 2.28 bits per heavy atom. The molecule has 0 N–H and O–H groups in total. The Kier molecular flexibility index (Phi) is 6.22. The van der Waals surface area contributed by atoms with Gasteiger partial charge >= 0.3 is 0 Å². The summed E-state index contributed by atoms with van der Waals surface area (Å²) in [6.45, 7) is 3.95. The van der Waals surface area contributed by atoms with E-state index in [-0.39, 0.29) is 11.9 Å². The molecule has 6 nitrogen and oxygen atoms in total. The van der Waals surface area contributed by atoms with Crippen LogP contribution in [0.2, 0.25) is 0 Å². The van der Waals surface area contributed by atoms with Crippen LogP contribution in [0.3, 0.4) is 0 Å². The van der Waals surface area contributed by atoms with Gasteiger partial charge < -0.3 is 9.64 Å². The van der Waals surface area contributed by atoms with Crippen LogP contribution in [-0.2, 0) is 11.3 Å². The zero-order chi connectivity index (χ0) is 19.9. The molecule has 1 saturated heterocycles. The van der Waals surface area contributed by atoms with Crippen LogP contribution in [0, 0.1) is 0 Å². The summed E-state index contributed by atoms with van der Waals surface area (Å²) in [5.41, 5.74) is 1.24. The van der Waals surface area contributed by atoms with Gasteiger partial charge in [0, 0.05) is 38.6 Å². The molecule has 0 bridgehead atoms. The topological polar surface area (TPSA) is 50.6 Å². The van der Waals surface area contributed by atoms with Crippen molar-refractivity contribution in [1.82, 2.24) is 19.6 Å². The summed E-state index contributed by atoms with van der Waals surface area (Å²) in [6.07, 6.45) is 3.52. The molecule has 2 aromatic carbocycles. The summed E-state index contributed by atoms with van der Waals surface area (Å²) in [5.74, 6) is 0.992. The van der Waals surface area contributed by atoms with Crippen molar-refractivity contribution in [2.24, 2.45) is 0 Å². The maximum absolute atomic E-state index is 12.5. The van der Waals surface area contributed by atoms with Gasteiger partial charge in [0.05, 0.1) is 6.04 Å². The van der Waals surface area contributed by atoms with Crippen LogP contribution in [-0.4, -0.2) is 58.3 Å². The third-order valence-electron chi connectivity index (χ3n) is 5.30. The van der Waals surface area contributed by atoms with E-state index in [1.165, 1.54) is 5.56 Å². The quantitative estimate of drug-likeness (QED) is 0.623. The number of carbonyl (C=O) groups excluding carboxylic acids is 1. The van der Waals surface area contributed by atoms with E-state index in [4.69, 9.17) is 4.74 Å². The maximum atomic E-state index is 12.5. The molecule has 3 aromatic rings. The predicted molar refractivity (Wildman–Crippen MR) is 112 cm³/mol. The number of nitrogens with zero attached hydrogens (tertiary/aromatic N) is 4. The third kappa shape index (κ3) is 5.03. The van der Waals surface area contributed by atoms with E-state index in [9.17, 15) is 4.79 Å². The Balaban J connectivity index is 1.38. The van der Waals surface area contributed by atoms with Crippen molar-refractivity contribution in [3.63, 3.8) is 0 Å². The number of benzene rings is 2. The average Bonchev–Trinajstić information content (AvgIpc) is 3.29. The van der Waals surface area contributed by atoms with Crippen LogP contribution < -0.4 is 4.74 Å². The van der Waals surface area contributed by atoms with Crippen LogP contribution in [0.4, 0.5) is 0 Å². The zero-order valence-electron chi connectivity index (χ0n) is 16.4. The zero-order valence-corrected chi connectivity index (χ0v) is 16.4. The minimum absolute atomic E-state index is 0.116. The van der Waals surface area contributed by atoms with Crippen molar-refractivity contribution >= 4 is 5.91 Å². The van der Waals surface area contributed by atoms with Crippen LogP contribution in [0.25, 0.3) is 0 Å². The number of hydrogen-bond acceptors (Lipinski definition) is 4. The van der Waals surface area contributed by atoms with Gasteiger partial charge in [0.25, 0.3) is 0 Å². The lowest BCUT2D eigenvalue weighted by Gasteiger charge is -2.39. The van der Waals surface area contributed by atoms with E-state index < -0.39 is 0 Å². The summed E-state index contributed by atoms with van der Waals surface area (Å²) >= 11 is 0. The molecule has 1 unspecified atom stereocenters. The van der Waals surface area contributed by atoms with Crippen LogP contribution in [0.5, 0.6) is 5.75 Å². The first-order valence-corrected chi connectivity index (χ1v) is 10.0. The fourth-order valence-corrected chi connectivity index (χ4v) is 3.70. The molecule has 2 heterocycles. The van der Waals surface area contributed by atoms with E-state index in [1.54, 1.807) is 10.9 Å². The molecule has 29 heavy (non-hydrogen) atoms. The second kappa shape index (κ2) is 9.39. The van der Waals surface area contributed by atoms with Crippen molar-refractivity contribution in [1.29, 1.82) is 0 Å². The molecule has 1 aliphatic heterocycles. The van der Waals surface area contributed by atoms with Crippen molar-refractivity contribution in [3.8, 4) is 5.75 Å². The first-order valence-electron chi connectivity index (χ1n) is 10.0. The molecule has 6 heteroatoms. The van der Waals surface area contributed by atoms with E-state index >= 15 is 0 Å². The summed E-state index contributed by atoms with van der Waals surface area (Å²) < 4.78 is 7.76. The Labute approximate surface area is 171 Å². The number of hydrogen-bond donors (Lipinski definition) is 0. The second-order valence-electron chi connectivity index (χ2n) is 7.17. The van der Waals surface area contributed by atoms with Gasteiger partial charge in [-0.15, -0.1) is 0 Å². The Hall–Kier alpha value is -3.12. The summed E-state index contributed by atoms with van der Waals surface area (Å²) in [4.78, 5) is 16.9. The first-order chi connectivity index (χ1) is 14.3. The SMILES string of the molecule is O=C(Cn1cccn1)N1CCN(C(COc2ccccc2)c2ccccc2)CC1. The molecule has 1 amide bonds. The largest absolute Gasteiger partial charge is 0.492 e. The molecule has 150 valence electrons. The van der Waals surface area contributed by atoms with Gasteiger partial charge in [-0.2, -0.15) is 5.10 Å². The van der Waals surface area contributed by atoms with Gasteiger partial charge in [0.1, 0.15) is 18.9 Å². The lowest BCUT2D eigenvalue weighted by Crippen LogP contribution is -2.51. The molecule has 1 aromatic heterocycles. The van der Waals surface area contributed by atoms with Crippen molar-refractivity contribution < 1.29 is 9.53 Å². The number of aromatic nitrogens is 2. The number of piperazine rings is 1. The Morgan fingerprint density at radius 1 is 0.931 bits per heavy atom. The molecule has 4 rings (SSSR count). The molecular formula is C23H26N4O2. The average molecular weight is 390 g/mol. The lowest BCUT2D eigenvalue weighted by atomic mass is 10.0. The summed E-state index contributed by atoms with van der Waals surface area (Å²) in [7, 11) is 0. The fraction of sp³-hybridized carbons (Fsp3) is 0.304. The molecule has 0 spiro atoms. The summed E-state index contributed by atoms with van der Waals surface area (Å²) in [6, 6.07) is 22.4. The van der Waals surface area contributed by atoms with Gasteiger partial charge in [-0.25, -0.2) is 0 Å². The minimum atomic E-state index is 0.116. The van der Waals surface area contributed by atoms with Gasteiger partial charge in [0.2, 0.25) is 5.91 Å². The van der Waals surface area contributed by atoms with Gasteiger partial charge in [-0.3, -0.25) is 14.4 Å². The molecule has 0 aliphatic carbocycles. The number of carbonyl (C=O) groups is 1. The van der Waals surface area contributed by atoms with Crippen molar-refractivity contribution in [2.45, 2.75) is 12.6 Å². The van der Waals surface area contributed by atoms with E-state index in [1.807, 2.05) is 53.6 Å². The Morgan fingerprint density at radius 2 is 1.62 bits per heavy atom. The molecular weight excluding hydrogens is 364 g/mol. The normalized spacial score (nSPS) is 15.8. The number of para-hydroxylation sites is 1. The maximum Gasteiger partial charge on any atom is 0.244 e. The number of amides is 1. The Bertz CT molecular complexity index is 876. The van der Waals surface area contributed by atoms with Crippen LogP contribution in [0.15, 0.2) is 79.1 Å². The third-order valence-corrected chi connectivity index (χ3v) is 5.30. The highest BCUT2D eigenvalue weighted by molar-refractivity contribution is 5.76. The van der Waals surface area contributed by atoms with Crippen molar-refractivity contribution in [3.05, 3.63) is 84.7 Å². The van der Waals surface area contributed by atoms with E-state index in [0.717, 1.165) is 31.9 Å². The van der Waals surface area contributed by atoms with Crippen molar-refractivity contribution in [2.75, 3.05) is 32.8 Å². The highest BCUT2D eigenvalue weighted by atomic mass is 16.5. The molecule has 0 saturated carbocycles. The van der Waals surface area contributed by atoms with E-state index in [0.29, 0.717) is 13.2 Å². The van der Waals surface area contributed by atoms with Gasteiger partial charge in [-0.1, -0.05) is 48.5 Å². The van der Waals surface area contributed by atoms with Crippen LogP contribution in [0.1, 0.15) is 11.6 Å². The summed E-state index contributed by atoms with van der Waals surface area (Å²) in [5, 5.41) is 4.13. The van der Waals surface area contributed by atoms with Gasteiger partial charge in [0.15, 0.2) is 0 Å². The standard InChI is InChI=1S/C23H26N4O2/c28-23(18-27-13-7-12-24-27)26-16-14-25(15-17-26)22(20-8-3-1-4-9-20)19-29-21-10-5-2-6-11-21/h1-13,22H,14-19H2. The highest BCUT2D eigenvalue weighted by Crippen LogP contribution is 2.24. The smallest absolute Gasteiger partial charge is 0.244 e. The second-order valence-corrected chi connectivity index (χ2v) is 7.17. The fourth-order valence-electron chi connectivity index (χ4n) is 3.70. The highest BCUT2D eigenvalue weighted by Gasteiger charge is 2.27. The lowest BCUT2D eigenvalue weighted by molar-refractivity contribution is -0.134. The molecule has 1 fully saturated rings. The number of ether oxygens (including phenoxy) is 1. The minimum Gasteiger partial charge on any atom is -0.492 e. The van der Waals surface area contributed by atoms with Gasteiger partial charge in [-0.05, 0) is 23.8 Å². The number of rotatable bonds is 7. The predicted octanol–water partition coefficient (Wildman–Crippen LogP) is 2.85. The monoisotopic (exact) mass is 390 g/mol.